The van der Waals surface area contributed by atoms with E-state index < -0.39 is 10.0 Å². The standard InChI is InChI=1S/C11H24N2O3S/c1-5-8-12-11(14)7-9-13(10(3)6-2)17(4,15)16/h10H,5-9H2,1-4H3,(H,12,14). The second-order valence-corrected chi connectivity index (χ2v) is 6.17. The Morgan fingerprint density at radius 1 is 1.35 bits per heavy atom. The second-order valence-electron chi connectivity index (χ2n) is 4.23. The Bertz CT molecular complexity index is 328. The molecule has 0 aliphatic rings. The van der Waals surface area contributed by atoms with Gasteiger partial charge >= 0.3 is 0 Å². The van der Waals surface area contributed by atoms with E-state index in [-0.39, 0.29) is 24.9 Å². The summed E-state index contributed by atoms with van der Waals surface area (Å²) < 4.78 is 24.5. The van der Waals surface area contributed by atoms with Gasteiger partial charge in [-0.3, -0.25) is 4.79 Å². The molecule has 0 aromatic rings. The molecule has 1 unspecified atom stereocenters. The molecule has 0 aromatic heterocycles. The average Bonchev–Trinajstić information content (AvgIpc) is 2.24. The Morgan fingerprint density at radius 2 is 1.94 bits per heavy atom. The van der Waals surface area contributed by atoms with Crippen molar-refractivity contribution in [3.8, 4) is 0 Å². The number of carbonyl (C=O) groups is 1. The number of amides is 1. The number of rotatable bonds is 8. The van der Waals surface area contributed by atoms with Crippen molar-refractivity contribution in [2.45, 2.75) is 46.1 Å². The van der Waals surface area contributed by atoms with Gasteiger partial charge in [0.05, 0.1) is 6.26 Å². The van der Waals surface area contributed by atoms with Crippen LogP contribution in [0.2, 0.25) is 0 Å². The van der Waals surface area contributed by atoms with E-state index in [0.29, 0.717) is 6.54 Å². The summed E-state index contributed by atoms with van der Waals surface area (Å²) in [4.78, 5) is 11.4. The van der Waals surface area contributed by atoms with E-state index in [1.165, 1.54) is 10.6 Å². The number of hydrogen-bond donors (Lipinski definition) is 1. The minimum absolute atomic E-state index is 0.0658. The fourth-order valence-corrected chi connectivity index (χ4v) is 2.71. The van der Waals surface area contributed by atoms with Crippen LogP contribution in [-0.2, 0) is 14.8 Å². The zero-order chi connectivity index (χ0) is 13.5. The Kier molecular flexibility index (Phi) is 7.38. The van der Waals surface area contributed by atoms with E-state index >= 15 is 0 Å². The van der Waals surface area contributed by atoms with Crippen LogP contribution in [0.25, 0.3) is 0 Å². The third-order valence-corrected chi connectivity index (χ3v) is 4.03. The quantitative estimate of drug-likeness (QED) is 0.710. The molecule has 6 heteroatoms. The van der Waals surface area contributed by atoms with Gasteiger partial charge in [0, 0.05) is 25.6 Å². The Balaban J connectivity index is 4.33. The van der Waals surface area contributed by atoms with E-state index in [4.69, 9.17) is 0 Å². The van der Waals surface area contributed by atoms with E-state index in [1.54, 1.807) is 0 Å². The van der Waals surface area contributed by atoms with Crippen molar-refractivity contribution in [2.24, 2.45) is 0 Å². The third-order valence-electron chi connectivity index (χ3n) is 2.64. The maximum Gasteiger partial charge on any atom is 0.221 e. The molecule has 0 saturated heterocycles. The minimum Gasteiger partial charge on any atom is -0.356 e. The molecule has 0 aliphatic carbocycles. The lowest BCUT2D eigenvalue weighted by atomic mass is 10.2. The largest absolute Gasteiger partial charge is 0.356 e. The van der Waals surface area contributed by atoms with Gasteiger partial charge in [0.25, 0.3) is 0 Å². The first-order valence-corrected chi connectivity index (χ1v) is 7.91. The maximum atomic E-state index is 11.6. The van der Waals surface area contributed by atoms with Crippen LogP contribution in [0.4, 0.5) is 0 Å². The zero-order valence-electron chi connectivity index (χ0n) is 11.2. The van der Waals surface area contributed by atoms with Gasteiger partial charge in [0.2, 0.25) is 15.9 Å². The van der Waals surface area contributed by atoms with Gasteiger partial charge in [-0.1, -0.05) is 13.8 Å². The highest BCUT2D eigenvalue weighted by Gasteiger charge is 2.22. The van der Waals surface area contributed by atoms with Crippen LogP contribution < -0.4 is 5.32 Å². The van der Waals surface area contributed by atoms with Crippen LogP contribution in [0.1, 0.15) is 40.0 Å². The van der Waals surface area contributed by atoms with Gasteiger partial charge in [-0.15, -0.1) is 0 Å². The molecule has 1 N–H and O–H groups in total. The Labute approximate surface area is 105 Å². The third kappa shape index (κ3) is 6.63. The highest BCUT2D eigenvalue weighted by molar-refractivity contribution is 7.88. The molecule has 5 nitrogen and oxygen atoms in total. The summed E-state index contributed by atoms with van der Waals surface area (Å²) >= 11 is 0. The lowest BCUT2D eigenvalue weighted by Crippen LogP contribution is -2.40. The average molecular weight is 264 g/mol. The van der Waals surface area contributed by atoms with Crippen molar-refractivity contribution >= 4 is 15.9 Å². The topological polar surface area (TPSA) is 66.5 Å². The fourth-order valence-electron chi connectivity index (χ4n) is 1.48. The summed E-state index contributed by atoms with van der Waals surface area (Å²) in [5.74, 6) is -0.0937. The molecule has 0 spiro atoms. The molecule has 0 aromatic carbocycles. The SMILES string of the molecule is CCCNC(=O)CCN(C(C)CC)S(C)(=O)=O. The van der Waals surface area contributed by atoms with Gasteiger partial charge in [0.1, 0.15) is 0 Å². The van der Waals surface area contributed by atoms with Gasteiger partial charge in [-0.05, 0) is 19.8 Å². The molecule has 1 atom stereocenters. The fraction of sp³-hybridized carbons (Fsp3) is 0.909. The van der Waals surface area contributed by atoms with E-state index in [1.807, 2.05) is 20.8 Å². The van der Waals surface area contributed by atoms with Crippen LogP contribution in [0.15, 0.2) is 0 Å². The molecule has 0 bridgehead atoms. The molecular weight excluding hydrogens is 240 g/mol. The summed E-state index contributed by atoms with van der Waals surface area (Å²) in [6, 6.07) is -0.0658. The summed E-state index contributed by atoms with van der Waals surface area (Å²) in [6.45, 7) is 6.65. The molecule has 1 amide bonds. The van der Waals surface area contributed by atoms with Crippen molar-refractivity contribution < 1.29 is 13.2 Å². The lowest BCUT2D eigenvalue weighted by Gasteiger charge is -2.25. The first kappa shape index (κ1) is 16.4. The Hall–Kier alpha value is -0.620. The van der Waals surface area contributed by atoms with Crippen LogP contribution in [0, 0.1) is 0 Å². The predicted octanol–water partition coefficient (Wildman–Crippen LogP) is 0.963. The van der Waals surface area contributed by atoms with Gasteiger partial charge in [0.15, 0.2) is 0 Å². The maximum absolute atomic E-state index is 11.6. The molecule has 17 heavy (non-hydrogen) atoms. The molecular formula is C11H24N2O3S. The molecule has 0 saturated carbocycles. The van der Waals surface area contributed by atoms with E-state index in [0.717, 1.165) is 12.8 Å². The normalized spacial score (nSPS) is 13.7. The molecule has 0 heterocycles. The number of nitrogens with one attached hydrogen (secondary N) is 1. The van der Waals surface area contributed by atoms with Crippen molar-refractivity contribution in [2.75, 3.05) is 19.3 Å². The van der Waals surface area contributed by atoms with E-state index in [9.17, 15) is 13.2 Å². The molecule has 0 aliphatic heterocycles. The first-order valence-electron chi connectivity index (χ1n) is 6.06. The van der Waals surface area contributed by atoms with Gasteiger partial charge in [-0.2, -0.15) is 4.31 Å². The summed E-state index contributed by atoms with van der Waals surface area (Å²) in [7, 11) is -3.24. The number of nitrogens with zero attached hydrogens (tertiary/aromatic N) is 1. The van der Waals surface area contributed by atoms with Crippen molar-refractivity contribution in [1.82, 2.24) is 9.62 Å². The predicted molar refractivity (Wildman–Crippen MR) is 69.2 cm³/mol. The highest BCUT2D eigenvalue weighted by Crippen LogP contribution is 2.09. The molecule has 0 fully saturated rings. The monoisotopic (exact) mass is 264 g/mol. The van der Waals surface area contributed by atoms with Crippen LogP contribution in [0.3, 0.4) is 0 Å². The number of carbonyl (C=O) groups excluding carboxylic acids is 1. The van der Waals surface area contributed by atoms with E-state index in [2.05, 4.69) is 5.32 Å². The van der Waals surface area contributed by atoms with Crippen LogP contribution in [-0.4, -0.2) is 44.0 Å². The molecule has 0 radical (unpaired) electrons. The van der Waals surface area contributed by atoms with Gasteiger partial charge < -0.3 is 5.32 Å². The van der Waals surface area contributed by atoms with Gasteiger partial charge in [-0.25, -0.2) is 8.42 Å². The number of sulfonamides is 1. The minimum atomic E-state index is -3.24. The molecule has 102 valence electrons. The second kappa shape index (κ2) is 7.66. The number of hydrogen-bond acceptors (Lipinski definition) is 3. The van der Waals surface area contributed by atoms with Crippen LogP contribution in [0.5, 0.6) is 0 Å². The molecule has 0 rings (SSSR count). The highest BCUT2D eigenvalue weighted by atomic mass is 32.2. The first-order chi connectivity index (χ1) is 7.82. The Morgan fingerprint density at radius 3 is 2.35 bits per heavy atom. The van der Waals surface area contributed by atoms with Crippen molar-refractivity contribution in [3.63, 3.8) is 0 Å². The summed E-state index contributed by atoms with van der Waals surface area (Å²) in [5, 5.41) is 2.74. The van der Waals surface area contributed by atoms with Crippen LogP contribution >= 0.6 is 0 Å². The lowest BCUT2D eigenvalue weighted by molar-refractivity contribution is -0.121. The van der Waals surface area contributed by atoms with Crippen molar-refractivity contribution in [3.05, 3.63) is 0 Å². The summed E-state index contributed by atoms with van der Waals surface area (Å²) in [5.41, 5.74) is 0. The smallest absolute Gasteiger partial charge is 0.221 e. The summed E-state index contributed by atoms with van der Waals surface area (Å²) in [6.07, 6.45) is 3.02. The zero-order valence-corrected chi connectivity index (χ0v) is 12.0. The van der Waals surface area contributed by atoms with Crippen molar-refractivity contribution in [1.29, 1.82) is 0 Å².